The number of hydrogen-bond acceptors (Lipinski definition) is 5. The molecule has 144 valence electrons. The van der Waals surface area contributed by atoms with Crippen LogP contribution < -0.4 is 4.90 Å². The van der Waals surface area contributed by atoms with E-state index in [1.54, 1.807) is 42.2 Å². The molecule has 3 aromatic rings. The molecule has 5 rings (SSSR count). The van der Waals surface area contributed by atoms with E-state index in [0.29, 0.717) is 35.7 Å². The van der Waals surface area contributed by atoms with Crippen LogP contribution in [0.1, 0.15) is 27.1 Å². The second-order valence-corrected chi connectivity index (χ2v) is 8.37. The predicted octanol–water partition coefficient (Wildman–Crippen LogP) is 5.02. The van der Waals surface area contributed by atoms with Crippen molar-refractivity contribution in [2.24, 2.45) is 0 Å². The maximum atomic E-state index is 12.6. The number of halogens is 1. The highest BCUT2D eigenvalue weighted by molar-refractivity contribution is 7.99. The topological polar surface area (TPSA) is 53.5 Å². The number of imide groups is 1. The zero-order valence-electron chi connectivity index (χ0n) is 15.3. The van der Waals surface area contributed by atoms with Crippen LogP contribution in [-0.2, 0) is 0 Å². The maximum Gasteiger partial charge on any atom is 0.261 e. The Morgan fingerprint density at radius 3 is 2.34 bits per heavy atom. The van der Waals surface area contributed by atoms with Gasteiger partial charge in [0.25, 0.3) is 11.8 Å². The fourth-order valence-corrected chi connectivity index (χ4v) is 5.09. The molecule has 0 bridgehead atoms. The largest absolute Gasteiger partial charge is 0.324 e. The molecule has 29 heavy (non-hydrogen) atoms. The average Bonchev–Trinajstić information content (AvgIpc) is 2.98. The number of rotatable bonds is 4. The lowest BCUT2D eigenvalue weighted by molar-refractivity contribution is 0.0653. The molecular formula is C22H16ClN3O2S. The number of anilines is 2. The fourth-order valence-electron chi connectivity index (χ4n) is 3.75. The number of carbonyl (C=O) groups excluding carboxylic acids is 2. The molecule has 5 nitrogen and oxygen atoms in total. The van der Waals surface area contributed by atoms with Gasteiger partial charge in [-0.3, -0.25) is 14.5 Å². The van der Waals surface area contributed by atoms with Gasteiger partial charge in [-0.2, -0.15) is 0 Å². The Morgan fingerprint density at radius 1 is 0.862 bits per heavy atom. The van der Waals surface area contributed by atoms with Gasteiger partial charge in [0.2, 0.25) is 0 Å². The molecule has 0 spiro atoms. The van der Waals surface area contributed by atoms with Crippen molar-refractivity contribution in [3.63, 3.8) is 0 Å². The fraction of sp³-hybridized carbons (Fsp3) is 0.136. The molecule has 0 fully saturated rings. The molecule has 0 atom stereocenters. The van der Waals surface area contributed by atoms with E-state index in [1.165, 1.54) is 4.90 Å². The Kier molecular flexibility index (Phi) is 4.53. The van der Waals surface area contributed by atoms with Gasteiger partial charge in [-0.15, -0.1) is 0 Å². The number of benzene rings is 2. The van der Waals surface area contributed by atoms with Crippen LogP contribution in [0.25, 0.3) is 0 Å². The third-order valence-electron chi connectivity index (χ3n) is 5.08. The second-order valence-electron chi connectivity index (χ2n) is 6.85. The van der Waals surface area contributed by atoms with Crippen molar-refractivity contribution in [3.05, 3.63) is 76.9 Å². The van der Waals surface area contributed by atoms with E-state index in [-0.39, 0.29) is 11.8 Å². The minimum Gasteiger partial charge on any atom is -0.324 e. The van der Waals surface area contributed by atoms with Gasteiger partial charge in [0.1, 0.15) is 5.82 Å². The number of pyridine rings is 1. The zero-order chi connectivity index (χ0) is 20.0. The van der Waals surface area contributed by atoms with E-state index >= 15 is 0 Å². The van der Waals surface area contributed by atoms with E-state index in [0.717, 1.165) is 21.3 Å². The Balaban J connectivity index is 1.37. The minimum atomic E-state index is -0.217. The first-order valence-electron chi connectivity index (χ1n) is 9.28. The minimum absolute atomic E-state index is 0.217. The van der Waals surface area contributed by atoms with Crippen LogP contribution in [0.5, 0.6) is 0 Å². The number of nitrogens with zero attached hydrogens (tertiary/aromatic N) is 3. The van der Waals surface area contributed by atoms with Crippen molar-refractivity contribution in [1.29, 1.82) is 0 Å². The van der Waals surface area contributed by atoms with Crippen LogP contribution in [-0.4, -0.2) is 34.8 Å². The number of hydrogen-bond donors (Lipinski definition) is 0. The maximum absolute atomic E-state index is 12.6. The van der Waals surface area contributed by atoms with E-state index in [4.69, 9.17) is 11.6 Å². The Hall–Kier alpha value is -2.83. The van der Waals surface area contributed by atoms with Crippen molar-refractivity contribution in [2.45, 2.75) is 16.2 Å². The predicted molar refractivity (Wildman–Crippen MR) is 113 cm³/mol. The van der Waals surface area contributed by atoms with Crippen molar-refractivity contribution in [2.75, 3.05) is 18.0 Å². The van der Waals surface area contributed by atoms with Gasteiger partial charge >= 0.3 is 0 Å². The van der Waals surface area contributed by atoms with Crippen LogP contribution in [0.4, 0.5) is 11.5 Å². The zero-order valence-corrected chi connectivity index (χ0v) is 16.9. The molecule has 0 radical (unpaired) electrons. The molecule has 7 heteroatoms. The summed E-state index contributed by atoms with van der Waals surface area (Å²) in [4.78, 5) is 35.3. The smallest absolute Gasteiger partial charge is 0.261 e. The summed E-state index contributed by atoms with van der Waals surface area (Å²) in [5, 5.41) is 0.689. The van der Waals surface area contributed by atoms with Gasteiger partial charge in [0.15, 0.2) is 0 Å². The van der Waals surface area contributed by atoms with E-state index in [1.807, 2.05) is 30.3 Å². The third kappa shape index (κ3) is 3.09. The first-order valence-corrected chi connectivity index (χ1v) is 10.5. The van der Waals surface area contributed by atoms with Crippen molar-refractivity contribution >= 4 is 46.7 Å². The van der Waals surface area contributed by atoms with E-state index in [9.17, 15) is 9.59 Å². The quantitative estimate of drug-likeness (QED) is 0.553. The monoisotopic (exact) mass is 421 g/mol. The highest BCUT2D eigenvalue weighted by Crippen LogP contribution is 2.47. The highest BCUT2D eigenvalue weighted by atomic mass is 35.5. The normalized spacial score (nSPS) is 14.7. The van der Waals surface area contributed by atoms with Gasteiger partial charge in [0.05, 0.1) is 21.7 Å². The molecule has 0 saturated heterocycles. The summed E-state index contributed by atoms with van der Waals surface area (Å²) < 4.78 is 0. The molecule has 2 aromatic carbocycles. The number of carbonyl (C=O) groups is 2. The van der Waals surface area contributed by atoms with Gasteiger partial charge < -0.3 is 4.90 Å². The lowest BCUT2D eigenvalue weighted by Crippen LogP contribution is -2.33. The van der Waals surface area contributed by atoms with Crippen LogP contribution >= 0.6 is 23.4 Å². The molecular weight excluding hydrogens is 406 g/mol. The highest BCUT2D eigenvalue weighted by Gasteiger charge is 2.35. The molecule has 0 N–H and O–H groups in total. The van der Waals surface area contributed by atoms with Gasteiger partial charge in [-0.05, 0) is 48.9 Å². The van der Waals surface area contributed by atoms with Crippen molar-refractivity contribution < 1.29 is 9.59 Å². The van der Waals surface area contributed by atoms with Gasteiger partial charge in [0, 0.05) is 29.2 Å². The van der Waals surface area contributed by atoms with Crippen LogP contribution in [0.2, 0.25) is 5.02 Å². The SMILES string of the molecule is O=C1c2ccccc2C(=O)N1CCCN1c2ccc(Cl)cc2Sc2cccnc21. The van der Waals surface area contributed by atoms with Crippen molar-refractivity contribution in [1.82, 2.24) is 9.88 Å². The third-order valence-corrected chi connectivity index (χ3v) is 6.40. The first kappa shape index (κ1) is 18.2. The summed E-state index contributed by atoms with van der Waals surface area (Å²) >= 11 is 7.83. The van der Waals surface area contributed by atoms with E-state index < -0.39 is 0 Å². The molecule has 0 saturated carbocycles. The Morgan fingerprint density at radius 2 is 1.59 bits per heavy atom. The summed E-state index contributed by atoms with van der Waals surface area (Å²) in [5.74, 6) is 0.450. The second kappa shape index (κ2) is 7.21. The van der Waals surface area contributed by atoms with Crippen molar-refractivity contribution in [3.8, 4) is 0 Å². The van der Waals surface area contributed by atoms with Crippen LogP contribution in [0.15, 0.2) is 70.6 Å². The number of fused-ring (bicyclic) bond motifs is 3. The average molecular weight is 422 g/mol. The summed E-state index contributed by atoms with van der Waals surface area (Å²) in [5.41, 5.74) is 2.01. The molecule has 2 aliphatic heterocycles. The van der Waals surface area contributed by atoms with Gasteiger partial charge in [-0.25, -0.2) is 4.98 Å². The standard InChI is InChI=1S/C22H16ClN3O2S/c23-14-8-9-17-19(13-14)29-18-7-3-10-24-20(18)25(17)11-4-12-26-21(27)15-5-1-2-6-16(15)22(26)28/h1-3,5-10,13H,4,11-12H2. The van der Waals surface area contributed by atoms with Crippen LogP contribution in [0.3, 0.4) is 0 Å². The molecule has 0 aliphatic carbocycles. The summed E-state index contributed by atoms with van der Waals surface area (Å²) in [6, 6.07) is 16.7. The number of amides is 2. The number of aromatic nitrogens is 1. The van der Waals surface area contributed by atoms with Crippen LogP contribution in [0, 0.1) is 0 Å². The summed E-state index contributed by atoms with van der Waals surface area (Å²) in [7, 11) is 0. The lowest BCUT2D eigenvalue weighted by atomic mass is 10.1. The molecule has 3 heterocycles. The Labute approximate surface area is 177 Å². The summed E-state index contributed by atoms with van der Waals surface area (Å²) in [6.07, 6.45) is 2.41. The lowest BCUT2D eigenvalue weighted by Gasteiger charge is -2.32. The molecule has 0 unspecified atom stereocenters. The molecule has 1 aromatic heterocycles. The summed E-state index contributed by atoms with van der Waals surface area (Å²) in [6.45, 7) is 0.994. The molecule has 2 amide bonds. The first-order chi connectivity index (χ1) is 14.1. The van der Waals surface area contributed by atoms with Gasteiger partial charge in [-0.1, -0.05) is 35.5 Å². The molecule has 2 aliphatic rings. The Bertz CT molecular complexity index is 1120. The van der Waals surface area contributed by atoms with E-state index in [2.05, 4.69) is 9.88 Å².